The SMILES string of the molecule is CCCC(Cn1cc(-c2ccccc2)cn1)NCC. The summed E-state index contributed by atoms with van der Waals surface area (Å²) in [5, 5.41) is 7.99. The molecular weight excluding hydrogens is 234 g/mol. The van der Waals surface area contributed by atoms with Gasteiger partial charge < -0.3 is 5.32 Å². The molecule has 2 rings (SSSR count). The summed E-state index contributed by atoms with van der Waals surface area (Å²) in [4.78, 5) is 0. The summed E-state index contributed by atoms with van der Waals surface area (Å²) < 4.78 is 2.05. The van der Waals surface area contributed by atoms with E-state index in [0.29, 0.717) is 6.04 Å². The molecule has 0 aliphatic heterocycles. The predicted octanol–water partition coefficient (Wildman–Crippen LogP) is 3.33. The maximum atomic E-state index is 4.47. The highest BCUT2D eigenvalue weighted by Crippen LogP contribution is 2.17. The number of aromatic nitrogens is 2. The van der Waals surface area contributed by atoms with E-state index in [1.54, 1.807) is 0 Å². The zero-order valence-corrected chi connectivity index (χ0v) is 11.8. The first kappa shape index (κ1) is 13.8. The van der Waals surface area contributed by atoms with Crippen LogP contribution in [0.2, 0.25) is 0 Å². The van der Waals surface area contributed by atoms with E-state index in [-0.39, 0.29) is 0 Å². The molecule has 0 aliphatic rings. The molecule has 19 heavy (non-hydrogen) atoms. The summed E-state index contributed by atoms with van der Waals surface area (Å²) in [6.07, 6.45) is 6.47. The van der Waals surface area contributed by atoms with Gasteiger partial charge in [-0.25, -0.2) is 0 Å². The minimum Gasteiger partial charge on any atom is -0.312 e. The molecule has 3 nitrogen and oxygen atoms in total. The molecule has 0 spiro atoms. The molecule has 1 N–H and O–H groups in total. The van der Waals surface area contributed by atoms with Crippen molar-refractivity contribution in [2.45, 2.75) is 39.3 Å². The van der Waals surface area contributed by atoms with Gasteiger partial charge in [0.15, 0.2) is 0 Å². The molecule has 1 atom stereocenters. The van der Waals surface area contributed by atoms with Gasteiger partial charge in [-0.05, 0) is 18.5 Å². The van der Waals surface area contributed by atoms with E-state index in [2.05, 4.69) is 54.7 Å². The standard InChI is InChI=1S/C16H23N3/c1-3-8-16(17-4-2)13-19-12-15(11-18-19)14-9-6-5-7-10-14/h5-7,9-12,16-17H,3-4,8,13H2,1-2H3. The van der Waals surface area contributed by atoms with Gasteiger partial charge >= 0.3 is 0 Å². The lowest BCUT2D eigenvalue weighted by Crippen LogP contribution is -2.33. The van der Waals surface area contributed by atoms with Crippen molar-refractivity contribution in [2.75, 3.05) is 6.54 Å². The van der Waals surface area contributed by atoms with Gasteiger partial charge in [0.05, 0.1) is 12.7 Å². The lowest BCUT2D eigenvalue weighted by atomic mass is 10.1. The normalized spacial score (nSPS) is 12.5. The number of nitrogens with zero attached hydrogens (tertiary/aromatic N) is 2. The number of hydrogen-bond acceptors (Lipinski definition) is 2. The first-order chi connectivity index (χ1) is 9.33. The predicted molar refractivity (Wildman–Crippen MR) is 80.0 cm³/mol. The van der Waals surface area contributed by atoms with Crippen molar-refractivity contribution in [1.29, 1.82) is 0 Å². The Bertz CT molecular complexity index is 470. The average molecular weight is 257 g/mol. The van der Waals surface area contributed by atoms with Crippen molar-refractivity contribution in [2.24, 2.45) is 0 Å². The fraction of sp³-hybridized carbons (Fsp3) is 0.438. The molecule has 2 aromatic rings. The van der Waals surface area contributed by atoms with Crippen LogP contribution in [-0.4, -0.2) is 22.4 Å². The molecule has 3 heteroatoms. The van der Waals surface area contributed by atoms with E-state index in [4.69, 9.17) is 0 Å². The first-order valence-electron chi connectivity index (χ1n) is 7.14. The van der Waals surface area contributed by atoms with Crippen molar-refractivity contribution in [3.05, 3.63) is 42.7 Å². The van der Waals surface area contributed by atoms with Crippen LogP contribution in [0.5, 0.6) is 0 Å². The van der Waals surface area contributed by atoms with Crippen molar-refractivity contribution in [1.82, 2.24) is 15.1 Å². The Morgan fingerprint density at radius 1 is 1.16 bits per heavy atom. The molecule has 0 bridgehead atoms. The molecule has 0 saturated carbocycles. The number of nitrogens with one attached hydrogen (secondary N) is 1. The molecular formula is C16H23N3. The van der Waals surface area contributed by atoms with Gasteiger partial charge in [0.25, 0.3) is 0 Å². The lowest BCUT2D eigenvalue weighted by Gasteiger charge is -2.16. The maximum Gasteiger partial charge on any atom is 0.0568 e. The lowest BCUT2D eigenvalue weighted by molar-refractivity contribution is 0.409. The van der Waals surface area contributed by atoms with Gasteiger partial charge in [0.2, 0.25) is 0 Å². The quantitative estimate of drug-likeness (QED) is 0.824. The second-order valence-corrected chi connectivity index (χ2v) is 4.86. The smallest absolute Gasteiger partial charge is 0.0568 e. The largest absolute Gasteiger partial charge is 0.312 e. The second-order valence-electron chi connectivity index (χ2n) is 4.86. The van der Waals surface area contributed by atoms with Crippen molar-refractivity contribution in [3.63, 3.8) is 0 Å². The Balaban J connectivity index is 2.04. The second kappa shape index (κ2) is 7.10. The van der Waals surface area contributed by atoms with E-state index in [9.17, 15) is 0 Å². The van der Waals surface area contributed by atoms with Crippen LogP contribution in [0.4, 0.5) is 0 Å². The third-order valence-electron chi connectivity index (χ3n) is 3.28. The van der Waals surface area contributed by atoms with Crippen molar-refractivity contribution >= 4 is 0 Å². The van der Waals surface area contributed by atoms with Gasteiger partial charge in [-0.15, -0.1) is 0 Å². The summed E-state index contributed by atoms with van der Waals surface area (Å²) in [5.74, 6) is 0. The Morgan fingerprint density at radius 3 is 2.63 bits per heavy atom. The highest BCUT2D eigenvalue weighted by Gasteiger charge is 2.08. The summed E-state index contributed by atoms with van der Waals surface area (Å²) in [6.45, 7) is 6.33. The van der Waals surface area contributed by atoms with Gasteiger partial charge in [0.1, 0.15) is 0 Å². The van der Waals surface area contributed by atoms with Crippen LogP contribution in [0, 0.1) is 0 Å². The minimum absolute atomic E-state index is 0.513. The Morgan fingerprint density at radius 2 is 1.95 bits per heavy atom. The third kappa shape index (κ3) is 3.93. The van der Waals surface area contributed by atoms with E-state index >= 15 is 0 Å². The number of likely N-dealkylation sites (N-methyl/N-ethyl adjacent to an activating group) is 1. The number of rotatable bonds is 7. The van der Waals surface area contributed by atoms with Gasteiger partial charge in [-0.1, -0.05) is 50.6 Å². The van der Waals surface area contributed by atoms with Gasteiger partial charge in [-0.2, -0.15) is 5.10 Å². The van der Waals surface area contributed by atoms with Crippen molar-refractivity contribution < 1.29 is 0 Å². The van der Waals surface area contributed by atoms with Crippen LogP contribution in [0.25, 0.3) is 11.1 Å². The van der Waals surface area contributed by atoms with Crippen LogP contribution >= 0.6 is 0 Å². The number of benzene rings is 1. The first-order valence-corrected chi connectivity index (χ1v) is 7.14. The van der Waals surface area contributed by atoms with E-state index in [1.165, 1.54) is 24.0 Å². The van der Waals surface area contributed by atoms with Crippen LogP contribution < -0.4 is 5.32 Å². The highest BCUT2D eigenvalue weighted by atomic mass is 15.3. The zero-order valence-electron chi connectivity index (χ0n) is 11.8. The third-order valence-corrected chi connectivity index (χ3v) is 3.28. The molecule has 0 radical (unpaired) electrons. The number of hydrogen-bond donors (Lipinski definition) is 1. The molecule has 1 aromatic heterocycles. The summed E-state index contributed by atoms with van der Waals surface area (Å²) in [5.41, 5.74) is 2.41. The Hall–Kier alpha value is -1.61. The molecule has 102 valence electrons. The Labute approximate surface area is 115 Å². The molecule has 0 fully saturated rings. The summed E-state index contributed by atoms with van der Waals surface area (Å²) in [6, 6.07) is 10.9. The minimum atomic E-state index is 0.513. The molecule has 1 unspecified atom stereocenters. The van der Waals surface area contributed by atoms with Crippen LogP contribution in [0.1, 0.15) is 26.7 Å². The summed E-state index contributed by atoms with van der Waals surface area (Å²) in [7, 11) is 0. The van der Waals surface area contributed by atoms with E-state index in [1.807, 2.05) is 16.9 Å². The van der Waals surface area contributed by atoms with E-state index < -0.39 is 0 Å². The van der Waals surface area contributed by atoms with Gasteiger partial charge in [0, 0.05) is 17.8 Å². The highest BCUT2D eigenvalue weighted by molar-refractivity contribution is 5.61. The fourth-order valence-corrected chi connectivity index (χ4v) is 2.36. The molecule has 0 saturated heterocycles. The van der Waals surface area contributed by atoms with Crippen LogP contribution in [-0.2, 0) is 6.54 Å². The van der Waals surface area contributed by atoms with Crippen molar-refractivity contribution in [3.8, 4) is 11.1 Å². The Kier molecular flexibility index (Phi) is 5.16. The molecule has 1 aromatic carbocycles. The summed E-state index contributed by atoms with van der Waals surface area (Å²) >= 11 is 0. The van der Waals surface area contributed by atoms with Gasteiger partial charge in [-0.3, -0.25) is 4.68 Å². The van der Waals surface area contributed by atoms with Crippen LogP contribution in [0.15, 0.2) is 42.7 Å². The molecule has 1 heterocycles. The molecule has 0 amide bonds. The molecule has 0 aliphatic carbocycles. The van der Waals surface area contributed by atoms with E-state index in [0.717, 1.165) is 13.1 Å². The monoisotopic (exact) mass is 257 g/mol. The zero-order chi connectivity index (χ0) is 13.5. The topological polar surface area (TPSA) is 29.9 Å². The maximum absolute atomic E-state index is 4.47. The van der Waals surface area contributed by atoms with Crippen LogP contribution in [0.3, 0.4) is 0 Å². The average Bonchev–Trinajstić information content (AvgIpc) is 2.89. The fourth-order valence-electron chi connectivity index (χ4n) is 2.36.